The van der Waals surface area contributed by atoms with E-state index < -0.39 is 0 Å². The average Bonchev–Trinajstić information content (AvgIpc) is 3.01. The number of nitrogens with two attached hydrogens (primary N) is 1. The molecule has 0 saturated carbocycles. The molecule has 0 unspecified atom stereocenters. The molecule has 0 radical (unpaired) electrons. The Morgan fingerprint density at radius 2 is 2.29 bits per heavy atom. The van der Waals surface area contributed by atoms with E-state index in [0.717, 1.165) is 22.2 Å². The number of aromatic nitrogens is 1. The third-order valence-corrected chi connectivity index (χ3v) is 3.98. The Morgan fingerprint density at radius 1 is 1.48 bits per heavy atom. The largest absolute Gasteiger partial charge is 0.493 e. The zero-order valence-electron chi connectivity index (χ0n) is 11.6. The van der Waals surface area contributed by atoms with Crippen LogP contribution in [0.1, 0.15) is 21.6 Å². The van der Waals surface area contributed by atoms with Gasteiger partial charge in [0.05, 0.1) is 12.3 Å². The summed E-state index contributed by atoms with van der Waals surface area (Å²) in [4.78, 5) is 12.2. The fraction of sp³-hybridized carbons (Fsp3) is 0.267. The predicted molar refractivity (Wildman–Crippen MR) is 84.3 cm³/mol. The standard InChI is InChI=1S/C15H16BrN3O2/c1-19-8-12(17)6-13(19)15(20)18-7-10-5-11(16)4-9-2-3-21-14(9)10/h4-6,8H,2-3,7,17H2,1H3,(H,18,20). The van der Waals surface area contributed by atoms with E-state index in [4.69, 9.17) is 10.5 Å². The van der Waals surface area contributed by atoms with Crippen molar-refractivity contribution in [2.75, 3.05) is 12.3 Å². The molecule has 2 aromatic rings. The lowest BCUT2D eigenvalue weighted by Crippen LogP contribution is -2.25. The third-order valence-electron chi connectivity index (χ3n) is 3.52. The molecule has 5 nitrogen and oxygen atoms in total. The fourth-order valence-corrected chi connectivity index (χ4v) is 3.11. The molecular formula is C15H16BrN3O2. The van der Waals surface area contributed by atoms with Gasteiger partial charge < -0.3 is 20.4 Å². The molecule has 0 fully saturated rings. The van der Waals surface area contributed by atoms with E-state index in [1.165, 1.54) is 5.56 Å². The number of carbonyl (C=O) groups is 1. The Hall–Kier alpha value is -1.95. The van der Waals surface area contributed by atoms with Gasteiger partial charge in [-0.3, -0.25) is 4.79 Å². The summed E-state index contributed by atoms with van der Waals surface area (Å²) >= 11 is 3.49. The van der Waals surface area contributed by atoms with Crippen molar-refractivity contribution in [2.45, 2.75) is 13.0 Å². The Morgan fingerprint density at radius 3 is 3.00 bits per heavy atom. The summed E-state index contributed by atoms with van der Waals surface area (Å²) in [6, 6.07) is 5.70. The van der Waals surface area contributed by atoms with Crippen LogP contribution < -0.4 is 15.8 Å². The first-order valence-electron chi connectivity index (χ1n) is 6.68. The molecule has 0 bridgehead atoms. The average molecular weight is 350 g/mol. The van der Waals surface area contributed by atoms with Gasteiger partial charge in [0.15, 0.2) is 0 Å². The highest BCUT2D eigenvalue weighted by Crippen LogP contribution is 2.32. The first-order chi connectivity index (χ1) is 10.0. The van der Waals surface area contributed by atoms with E-state index in [1.807, 2.05) is 6.07 Å². The highest BCUT2D eigenvalue weighted by atomic mass is 79.9. The highest BCUT2D eigenvalue weighted by Gasteiger charge is 2.18. The highest BCUT2D eigenvalue weighted by molar-refractivity contribution is 9.10. The zero-order chi connectivity index (χ0) is 15.0. The smallest absolute Gasteiger partial charge is 0.268 e. The van der Waals surface area contributed by atoms with Gasteiger partial charge in [0.25, 0.3) is 5.91 Å². The number of nitrogens with one attached hydrogen (secondary N) is 1. The van der Waals surface area contributed by atoms with Gasteiger partial charge in [-0.1, -0.05) is 15.9 Å². The van der Waals surface area contributed by atoms with Gasteiger partial charge in [0.1, 0.15) is 11.4 Å². The minimum Gasteiger partial charge on any atom is -0.493 e. The van der Waals surface area contributed by atoms with E-state index in [0.29, 0.717) is 24.5 Å². The van der Waals surface area contributed by atoms with Crippen LogP contribution in [0.3, 0.4) is 0 Å². The van der Waals surface area contributed by atoms with Gasteiger partial charge in [-0.05, 0) is 23.8 Å². The van der Waals surface area contributed by atoms with Gasteiger partial charge >= 0.3 is 0 Å². The molecule has 0 atom stereocenters. The van der Waals surface area contributed by atoms with E-state index in [1.54, 1.807) is 23.9 Å². The zero-order valence-corrected chi connectivity index (χ0v) is 13.2. The molecule has 6 heteroatoms. The number of benzene rings is 1. The van der Waals surface area contributed by atoms with Crippen molar-refractivity contribution in [1.82, 2.24) is 9.88 Å². The monoisotopic (exact) mass is 349 g/mol. The van der Waals surface area contributed by atoms with E-state index in [-0.39, 0.29) is 5.91 Å². The van der Waals surface area contributed by atoms with Crippen LogP contribution in [0.2, 0.25) is 0 Å². The number of aryl methyl sites for hydroxylation is 1. The van der Waals surface area contributed by atoms with Gasteiger partial charge in [-0.2, -0.15) is 0 Å². The van der Waals surface area contributed by atoms with E-state index in [9.17, 15) is 4.79 Å². The molecule has 3 rings (SSSR count). The van der Waals surface area contributed by atoms with E-state index >= 15 is 0 Å². The summed E-state index contributed by atoms with van der Waals surface area (Å²) in [6.07, 6.45) is 2.62. The topological polar surface area (TPSA) is 69.3 Å². The maximum atomic E-state index is 12.2. The van der Waals surface area contributed by atoms with Crippen LogP contribution in [0.25, 0.3) is 0 Å². The van der Waals surface area contributed by atoms with Crippen LogP contribution in [0, 0.1) is 0 Å². The molecule has 1 amide bonds. The molecule has 1 aromatic heterocycles. The molecule has 1 aliphatic heterocycles. The van der Waals surface area contributed by atoms with Gasteiger partial charge in [-0.25, -0.2) is 0 Å². The lowest BCUT2D eigenvalue weighted by atomic mass is 10.1. The van der Waals surface area contributed by atoms with Crippen LogP contribution in [0.15, 0.2) is 28.9 Å². The Balaban J connectivity index is 1.77. The molecule has 1 aromatic carbocycles. The Bertz CT molecular complexity index is 709. The first-order valence-corrected chi connectivity index (χ1v) is 7.48. The van der Waals surface area contributed by atoms with Crippen LogP contribution in [0.5, 0.6) is 5.75 Å². The van der Waals surface area contributed by atoms with Crippen molar-refractivity contribution in [1.29, 1.82) is 0 Å². The van der Waals surface area contributed by atoms with Crippen molar-refractivity contribution >= 4 is 27.5 Å². The van der Waals surface area contributed by atoms with Crippen LogP contribution in [-0.4, -0.2) is 17.1 Å². The molecule has 0 aliphatic carbocycles. The summed E-state index contributed by atoms with van der Waals surface area (Å²) in [5.41, 5.74) is 8.97. The Labute approximate surface area is 131 Å². The van der Waals surface area contributed by atoms with Gasteiger partial charge in [0.2, 0.25) is 0 Å². The number of nitrogen functional groups attached to an aromatic ring is 1. The summed E-state index contributed by atoms with van der Waals surface area (Å²) in [7, 11) is 1.80. The normalized spacial score (nSPS) is 12.9. The predicted octanol–water partition coefficient (Wildman–Crippen LogP) is 2.23. The maximum absolute atomic E-state index is 12.2. The second kappa shape index (κ2) is 5.44. The number of nitrogens with zero attached hydrogens (tertiary/aromatic N) is 1. The molecule has 3 N–H and O–H groups in total. The first kappa shape index (κ1) is 14.0. The lowest BCUT2D eigenvalue weighted by molar-refractivity contribution is 0.0942. The number of fused-ring (bicyclic) bond motifs is 1. The minimum absolute atomic E-state index is 0.152. The summed E-state index contributed by atoms with van der Waals surface area (Å²) in [6.45, 7) is 1.12. The van der Waals surface area contributed by atoms with Crippen LogP contribution in [0.4, 0.5) is 5.69 Å². The molecule has 21 heavy (non-hydrogen) atoms. The number of anilines is 1. The van der Waals surface area contributed by atoms with Crippen molar-refractivity contribution in [3.05, 3.63) is 45.7 Å². The SMILES string of the molecule is Cn1cc(N)cc1C(=O)NCc1cc(Br)cc2c1OCC2. The molecular weight excluding hydrogens is 334 g/mol. The maximum Gasteiger partial charge on any atom is 0.268 e. The van der Waals surface area contributed by atoms with Gasteiger partial charge in [0, 0.05) is 36.2 Å². The van der Waals surface area contributed by atoms with Crippen molar-refractivity contribution in [2.24, 2.45) is 7.05 Å². The number of hydrogen-bond acceptors (Lipinski definition) is 3. The Kier molecular flexibility index (Phi) is 3.63. The summed E-state index contributed by atoms with van der Waals surface area (Å²) < 4.78 is 8.37. The van der Waals surface area contributed by atoms with E-state index in [2.05, 4.69) is 27.3 Å². The second-order valence-corrected chi connectivity index (χ2v) is 6.02. The number of rotatable bonds is 3. The second-order valence-electron chi connectivity index (χ2n) is 5.10. The van der Waals surface area contributed by atoms with Crippen molar-refractivity contribution in [3.8, 4) is 5.75 Å². The molecule has 0 saturated heterocycles. The molecule has 0 spiro atoms. The van der Waals surface area contributed by atoms with Gasteiger partial charge in [-0.15, -0.1) is 0 Å². The fourth-order valence-electron chi connectivity index (χ4n) is 2.56. The van der Waals surface area contributed by atoms with Crippen molar-refractivity contribution in [3.63, 3.8) is 0 Å². The lowest BCUT2D eigenvalue weighted by Gasteiger charge is -2.10. The van der Waals surface area contributed by atoms with Crippen molar-refractivity contribution < 1.29 is 9.53 Å². The molecule has 110 valence electrons. The number of amides is 1. The van der Waals surface area contributed by atoms with Crippen LogP contribution >= 0.6 is 15.9 Å². The van der Waals surface area contributed by atoms with Crippen LogP contribution in [-0.2, 0) is 20.0 Å². The molecule has 1 aliphatic rings. The number of halogens is 1. The summed E-state index contributed by atoms with van der Waals surface area (Å²) in [5, 5.41) is 2.91. The quantitative estimate of drug-likeness (QED) is 0.892. The number of carbonyl (C=O) groups excluding carboxylic acids is 1. The number of hydrogen-bond donors (Lipinski definition) is 2. The number of ether oxygens (including phenoxy) is 1. The minimum atomic E-state index is -0.152. The third kappa shape index (κ3) is 2.76. The molecule has 2 heterocycles. The summed E-state index contributed by atoms with van der Waals surface area (Å²) in [5.74, 6) is 0.741.